The number of para-hydroxylation sites is 1. The van der Waals surface area contributed by atoms with Crippen molar-refractivity contribution >= 4 is 11.6 Å². The van der Waals surface area contributed by atoms with E-state index in [-0.39, 0.29) is 11.3 Å². The van der Waals surface area contributed by atoms with Gasteiger partial charge in [0.25, 0.3) is 5.91 Å². The molecule has 4 nitrogen and oxygen atoms in total. The van der Waals surface area contributed by atoms with Crippen molar-refractivity contribution in [3.8, 4) is 6.07 Å². The van der Waals surface area contributed by atoms with Crippen LogP contribution in [0.1, 0.15) is 20.8 Å². The summed E-state index contributed by atoms with van der Waals surface area (Å²) in [6.07, 6.45) is 0. The number of allylic oxidation sites excluding steroid dienone is 1. The monoisotopic (exact) mass is 244 g/mol. The first-order valence-electron chi connectivity index (χ1n) is 5.56. The van der Waals surface area contributed by atoms with Crippen LogP contribution in [0.2, 0.25) is 0 Å². The number of amides is 1. The second kappa shape index (κ2) is 5.37. The average Bonchev–Trinajstić information content (AvgIpc) is 2.29. The van der Waals surface area contributed by atoms with Crippen LogP contribution in [0.4, 0.5) is 5.69 Å². The lowest BCUT2D eigenvalue weighted by Gasteiger charge is -2.18. The van der Waals surface area contributed by atoms with Crippen molar-refractivity contribution in [3.05, 3.63) is 41.7 Å². The Morgan fingerprint density at radius 2 is 1.83 bits per heavy atom. The fourth-order valence-electron chi connectivity index (χ4n) is 1.30. The Morgan fingerprint density at radius 1 is 1.28 bits per heavy atom. The van der Waals surface area contributed by atoms with Crippen LogP contribution in [0.15, 0.2) is 41.7 Å². The molecule has 1 aromatic carbocycles. The Balaban J connectivity index is 2.99. The van der Waals surface area contributed by atoms with Crippen molar-refractivity contribution < 1.29 is 9.90 Å². The number of carbonyl (C=O) groups excluding carboxylic acids is 1. The molecule has 0 radical (unpaired) electrons. The van der Waals surface area contributed by atoms with Gasteiger partial charge in [-0.05, 0) is 12.1 Å². The van der Waals surface area contributed by atoms with E-state index >= 15 is 0 Å². The third kappa shape index (κ3) is 3.36. The first-order chi connectivity index (χ1) is 8.36. The van der Waals surface area contributed by atoms with Gasteiger partial charge in [-0.1, -0.05) is 39.0 Å². The molecule has 0 spiro atoms. The molecule has 0 fully saturated rings. The zero-order valence-corrected chi connectivity index (χ0v) is 10.7. The van der Waals surface area contributed by atoms with E-state index in [0.29, 0.717) is 5.69 Å². The molecule has 0 saturated heterocycles. The normalized spacial score (nSPS) is 12.3. The van der Waals surface area contributed by atoms with Crippen LogP contribution in [0.3, 0.4) is 0 Å². The predicted molar refractivity (Wildman–Crippen MR) is 69.8 cm³/mol. The van der Waals surface area contributed by atoms with Gasteiger partial charge in [-0.3, -0.25) is 4.79 Å². The van der Waals surface area contributed by atoms with E-state index in [0.717, 1.165) is 0 Å². The molecule has 0 aromatic heterocycles. The molecule has 0 aliphatic carbocycles. The summed E-state index contributed by atoms with van der Waals surface area (Å²) in [5.41, 5.74) is -0.317. The van der Waals surface area contributed by atoms with E-state index in [1.807, 2.05) is 6.07 Å². The van der Waals surface area contributed by atoms with E-state index in [1.165, 1.54) is 0 Å². The van der Waals surface area contributed by atoms with Gasteiger partial charge in [-0.2, -0.15) is 5.26 Å². The van der Waals surface area contributed by atoms with Gasteiger partial charge in [0, 0.05) is 11.1 Å². The minimum Gasteiger partial charge on any atom is -0.510 e. The number of hydrogen-bond acceptors (Lipinski definition) is 3. The maximum atomic E-state index is 11.9. The minimum atomic E-state index is -0.640. The Bertz CT molecular complexity index is 505. The van der Waals surface area contributed by atoms with Crippen LogP contribution in [-0.2, 0) is 4.79 Å². The average molecular weight is 244 g/mol. The molecular formula is C14H16N2O2. The van der Waals surface area contributed by atoms with Crippen molar-refractivity contribution in [1.29, 1.82) is 5.26 Å². The molecule has 0 atom stereocenters. The Morgan fingerprint density at radius 3 is 2.28 bits per heavy atom. The summed E-state index contributed by atoms with van der Waals surface area (Å²) >= 11 is 0. The number of aliphatic hydroxyl groups is 1. The minimum absolute atomic E-state index is 0.210. The van der Waals surface area contributed by atoms with Crippen molar-refractivity contribution in [2.75, 3.05) is 5.32 Å². The Kier molecular flexibility index (Phi) is 4.11. The summed E-state index contributed by atoms with van der Waals surface area (Å²) in [7, 11) is 0. The molecule has 4 heteroatoms. The first-order valence-corrected chi connectivity index (χ1v) is 5.56. The zero-order chi connectivity index (χ0) is 13.8. The maximum Gasteiger partial charge on any atom is 0.269 e. The smallest absolute Gasteiger partial charge is 0.269 e. The quantitative estimate of drug-likeness (QED) is 0.477. The highest BCUT2D eigenvalue weighted by Crippen LogP contribution is 2.25. The Labute approximate surface area is 107 Å². The number of nitrogens with one attached hydrogen (secondary N) is 1. The van der Waals surface area contributed by atoms with Crippen molar-refractivity contribution in [2.24, 2.45) is 5.41 Å². The number of benzene rings is 1. The van der Waals surface area contributed by atoms with Gasteiger partial charge in [0.15, 0.2) is 5.57 Å². The van der Waals surface area contributed by atoms with Crippen LogP contribution in [0.25, 0.3) is 0 Å². The van der Waals surface area contributed by atoms with Crippen LogP contribution >= 0.6 is 0 Å². The summed E-state index contributed by atoms with van der Waals surface area (Å²) in [5, 5.41) is 21.4. The van der Waals surface area contributed by atoms with E-state index in [4.69, 9.17) is 5.26 Å². The molecule has 0 aliphatic heterocycles. The molecular weight excluding hydrogens is 228 g/mol. The summed E-state index contributed by atoms with van der Waals surface area (Å²) in [5.74, 6) is -0.811. The lowest BCUT2D eigenvalue weighted by atomic mass is 9.90. The highest BCUT2D eigenvalue weighted by molar-refractivity contribution is 6.06. The largest absolute Gasteiger partial charge is 0.510 e. The van der Waals surface area contributed by atoms with Gasteiger partial charge < -0.3 is 10.4 Å². The fraction of sp³-hybridized carbons (Fsp3) is 0.286. The SMILES string of the molecule is CC(C)(C)/C(O)=C(\C#N)C(=O)Nc1ccccc1. The van der Waals surface area contributed by atoms with Crippen LogP contribution in [-0.4, -0.2) is 11.0 Å². The number of hydrogen-bond donors (Lipinski definition) is 2. The van der Waals surface area contributed by atoms with Crippen LogP contribution in [0.5, 0.6) is 0 Å². The van der Waals surface area contributed by atoms with Crippen LogP contribution < -0.4 is 5.32 Å². The molecule has 18 heavy (non-hydrogen) atoms. The number of nitriles is 1. The summed E-state index contributed by atoms with van der Waals surface area (Å²) in [4.78, 5) is 11.9. The van der Waals surface area contributed by atoms with Crippen molar-refractivity contribution in [1.82, 2.24) is 0 Å². The molecule has 1 amide bonds. The molecule has 94 valence electrons. The number of aliphatic hydroxyl groups excluding tert-OH is 1. The third-order valence-corrected chi connectivity index (χ3v) is 2.32. The number of rotatable bonds is 2. The second-order valence-electron chi connectivity index (χ2n) is 4.91. The van der Waals surface area contributed by atoms with Crippen molar-refractivity contribution in [2.45, 2.75) is 20.8 Å². The lowest BCUT2D eigenvalue weighted by Crippen LogP contribution is -2.20. The molecule has 2 N–H and O–H groups in total. The van der Waals surface area contributed by atoms with Gasteiger partial charge in [-0.15, -0.1) is 0 Å². The van der Waals surface area contributed by atoms with E-state index < -0.39 is 11.3 Å². The summed E-state index contributed by atoms with van der Waals surface area (Å²) < 4.78 is 0. The van der Waals surface area contributed by atoms with Gasteiger partial charge in [-0.25, -0.2) is 0 Å². The molecule has 0 aliphatic rings. The standard InChI is InChI=1S/C14H16N2O2/c1-14(2,3)12(17)11(9-15)13(18)16-10-7-5-4-6-8-10/h4-8,17H,1-3H3,(H,16,18)/b12-11-. The number of nitrogens with zero attached hydrogens (tertiary/aromatic N) is 1. The molecule has 0 unspecified atom stereocenters. The molecule has 1 rings (SSSR count). The fourth-order valence-corrected chi connectivity index (χ4v) is 1.30. The molecule has 1 aromatic rings. The van der Waals surface area contributed by atoms with Crippen LogP contribution in [0, 0.1) is 16.7 Å². The predicted octanol–water partition coefficient (Wildman–Crippen LogP) is 3.01. The van der Waals surface area contributed by atoms with Gasteiger partial charge >= 0.3 is 0 Å². The zero-order valence-electron chi connectivity index (χ0n) is 10.7. The van der Waals surface area contributed by atoms with Gasteiger partial charge in [0.05, 0.1) is 0 Å². The lowest BCUT2D eigenvalue weighted by molar-refractivity contribution is -0.112. The topological polar surface area (TPSA) is 73.1 Å². The number of anilines is 1. The Hall–Kier alpha value is -2.28. The first kappa shape index (κ1) is 13.8. The van der Waals surface area contributed by atoms with E-state index in [9.17, 15) is 9.90 Å². The second-order valence-corrected chi connectivity index (χ2v) is 4.91. The highest BCUT2D eigenvalue weighted by atomic mass is 16.3. The third-order valence-electron chi connectivity index (χ3n) is 2.32. The van der Waals surface area contributed by atoms with E-state index in [2.05, 4.69) is 5.32 Å². The maximum absolute atomic E-state index is 11.9. The van der Waals surface area contributed by atoms with Crippen molar-refractivity contribution in [3.63, 3.8) is 0 Å². The number of carbonyl (C=O) groups is 1. The van der Waals surface area contributed by atoms with Gasteiger partial charge in [0.2, 0.25) is 0 Å². The van der Waals surface area contributed by atoms with Gasteiger partial charge in [0.1, 0.15) is 11.8 Å². The molecule has 0 saturated carbocycles. The van der Waals surface area contributed by atoms with E-state index in [1.54, 1.807) is 51.1 Å². The molecule has 0 heterocycles. The molecule has 0 bridgehead atoms. The summed E-state index contributed by atoms with van der Waals surface area (Å²) in [6, 6.07) is 10.5. The highest BCUT2D eigenvalue weighted by Gasteiger charge is 2.24. The summed E-state index contributed by atoms with van der Waals surface area (Å²) in [6.45, 7) is 5.19.